The second-order valence-corrected chi connectivity index (χ2v) is 12.2. The van der Waals surface area contributed by atoms with E-state index in [-0.39, 0.29) is 34.4 Å². The van der Waals surface area contributed by atoms with Crippen LogP contribution in [0.25, 0.3) is 22.4 Å². The number of H-pyrrole nitrogens is 1. The molecule has 0 bridgehead atoms. The van der Waals surface area contributed by atoms with E-state index in [1.54, 1.807) is 24.4 Å². The molecule has 2 amide bonds. The number of ether oxygens (including phenoxy) is 1. The van der Waals surface area contributed by atoms with Gasteiger partial charge in [-0.25, -0.2) is 9.78 Å². The number of hydrogen-bond acceptors (Lipinski definition) is 4. The van der Waals surface area contributed by atoms with Gasteiger partial charge in [0, 0.05) is 27.7 Å². The van der Waals surface area contributed by atoms with Crippen LogP contribution in [0.4, 0.5) is 13.6 Å². The van der Waals surface area contributed by atoms with Crippen LogP contribution in [-0.2, 0) is 15.5 Å². The van der Waals surface area contributed by atoms with Gasteiger partial charge in [-0.3, -0.25) is 4.79 Å². The molecule has 6 rings (SSSR count). The molecular weight excluding hydrogens is 570 g/mol. The predicted molar refractivity (Wildman–Crippen MR) is 145 cm³/mol. The molecule has 1 saturated heterocycles. The van der Waals surface area contributed by atoms with Crippen molar-refractivity contribution in [1.82, 2.24) is 20.2 Å². The molecule has 2 aromatic carbocycles. The summed E-state index contributed by atoms with van der Waals surface area (Å²) in [5.41, 5.74) is 2.28. The van der Waals surface area contributed by atoms with Crippen molar-refractivity contribution in [2.75, 3.05) is 13.7 Å². The van der Waals surface area contributed by atoms with Crippen molar-refractivity contribution >= 4 is 27.9 Å². The monoisotopic (exact) mass is 598 g/mol. The number of aromatic nitrogens is 2. The number of benzene rings is 2. The summed E-state index contributed by atoms with van der Waals surface area (Å²) in [5, 5.41) is 2.68. The predicted octanol–water partition coefficient (Wildman–Crippen LogP) is 6.39. The van der Waals surface area contributed by atoms with E-state index in [0.29, 0.717) is 39.2 Å². The standard InChI is InChI=1S/C29H29BrF2N4O3/c1-15(2)24(35-27(38)39-3)26(37)36-14-28(8-9-28)12-23(36)25-33-13-22(34-25)16-4-6-18-19-7-5-17(30)11-21(19)29(31,32)20(18)10-16/h4-7,10-11,13,15,23-24H,8-9,12,14H2,1-3H3,(H,33,34)(H,35,38)/t23-,24-/m0/s1. The second-order valence-electron chi connectivity index (χ2n) is 11.3. The average Bonchev–Trinajstić information content (AvgIpc) is 3.23. The first kappa shape index (κ1) is 26.0. The normalized spacial score (nSPS) is 20.6. The third kappa shape index (κ3) is 4.33. The summed E-state index contributed by atoms with van der Waals surface area (Å²) >= 11 is 3.31. The van der Waals surface area contributed by atoms with E-state index in [0.717, 1.165) is 19.3 Å². The highest BCUT2D eigenvalue weighted by atomic mass is 79.9. The van der Waals surface area contributed by atoms with E-state index in [1.165, 1.54) is 19.2 Å². The number of alkyl carbamates (subject to hydrolysis) is 1. The number of aromatic amines is 1. The smallest absolute Gasteiger partial charge is 0.407 e. The van der Waals surface area contributed by atoms with Gasteiger partial charge >= 0.3 is 6.09 Å². The molecular formula is C29H29BrF2N4O3. The fraction of sp³-hybridized carbons (Fsp3) is 0.414. The molecule has 39 heavy (non-hydrogen) atoms. The maximum absolute atomic E-state index is 15.4. The number of hydrogen-bond donors (Lipinski definition) is 2. The summed E-state index contributed by atoms with van der Waals surface area (Å²) in [4.78, 5) is 35.3. The second kappa shape index (κ2) is 9.15. The Morgan fingerprint density at radius 3 is 2.51 bits per heavy atom. The Labute approximate surface area is 233 Å². The minimum absolute atomic E-state index is 0.00978. The molecule has 1 spiro atoms. The first-order valence-corrected chi connectivity index (χ1v) is 13.9. The summed E-state index contributed by atoms with van der Waals surface area (Å²) in [6.07, 6.45) is 3.83. The largest absolute Gasteiger partial charge is 0.453 e. The molecule has 0 radical (unpaired) electrons. The lowest BCUT2D eigenvalue weighted by Crippen LogP contribution is -2.51. The zero-order valence-corrected chi connectivity index (χ0v) is 23.4. The van der Waals surface area contributed by atoms with Crippen molar-refractivity contribution in [1.29, 1.82) is 0 Å². The van der Waals surface area contributed by atoms with Crippen LogP contribution in [0.2, 0.25) is 0 Å². The number of halogens is 3. The van der Waals surface area contributed by atoms with Crippen molar-refractivity contribution in [2.45, 2.75) is 51.1 Å². The molecule has 10 heteroatoms. The SMILES string of the molecule is COC(=O)N[C@H](C(=O)N1CC2(CC2)C[C@H]1c1ncc(-c2ccc3c(c2)C(F)(F)c2cc(Br)ccc2-3)[nH]1)C(C)C. The number of fused-ring (bicyclic) bond motifs is 3. The number of carbonyl (C=O) groups excluding carboxylic acids is 2. The molecule has 1 saturated carbocycles. The highest BCUT2D eigenvalue weighted by molar-refractivity contribution is 9.10. The van der Waals surface area contributed by atoms with E-state index >= 15 is 8.78 Å². The molecule has 2 heterocycles. The fourth-order valence-corrected chi connectivity index (χ4v) is 6.33. The van der Waals surface area contributed by atoms with Gasteiger partial charge < -0.3 is 19.9 Å². The van der Waals surface area contributed by atoms with E-state index in [2.05, 4.69) is 31.2 Å². The van der Waals surface area contributed by atoms with Gasteiger partial charge in [-0.1, -0.05) is 48.0 Å². The van der Waals surface area contributed by atoms with Gasteiger partial charge in [0.25, 0.3) is 5.92 Å². The first-order chi connectivity index (χ1) is 18.5. The van der Waals surface area contributed by atoms with Crippen molar-refractivity contribution < 1.29 is 23.1 Å². The third-order valence-corrected chi connectivity index (χ3v) is 8.82. The van der Waals surface area contributed by atoms with Crippen LogP contribution in [0.1, 0.15) is 56.1 Å². The van der Waals surface area contributed by atoms with Gasteiger partial charge in [-0.2, -0.15) is 8.78 Å². The molecule has 1 aliphatic heterocycles. The van der Waals surface area contributed by atoms with Crippen molar-refractivity contribution in [3.63, 3.8) is 0 Å². The number of rotatable bonds is 5. The minimum Gasteiger partial charge on any atom is -0.453 e. The Morgan fingerprint density at radius 1 is 1.15 bits per heavy atom. The Kier molecular flexibility index (Phi) is 6.09. The molecule has 3 aromatic rings. The van der Waals surface area contributed by atoms with Crippen LogP contribution in [0, 0.1) is 11.3 Å². The zero-order chi connectivity index (χ0) is 27.7. The van der Waals surface area contributed by atoms with Gasteiger partial charge in [-0.15, -0.1) is 0 Å². The number of carbonyl (C=O) groups is 2. The summed E-state index contributed by atoms with van der Waals surface area (Å²) in [7, 11) is 1.27. The highest BCUT2D eigenvalue weighted by Gasteiger charge is 2.55. The van der Waals surface area contributed by atoms with Crippen molar-refractivity contribution in [2.24, 2.45) is 11.3 Å². The Hall–Kier alpha value is -3.27. The van der Waals surface area contributed by atoms with Crippen LogP contribution in [0.3, 0.4) is 0 Å². The molecule has 2 N–H and O–H groups in total. The van der Waals surface area contributed by atoms with E-state index in [1.807, 2.05) is 24.8 Å². The van der Waals surface area contributed by atoms with Gasteiger partial charge in [0.05, 0.1) is 25.0 Å². The van der Waals surface area contributed by atoms with E-state index in [9.17, 15) is 9.59 Å². The fourth-order valence-electron chi connectivity index (χ4n) is 5.96. The topological polar surface area (TPSA) is 87.3 Å². The lowest BCUT2D eigenvalue weighted by atomic mass is 10.0. The van der Waals surface area contributed by atoms with Gasteiger partial charge in [0.1, 0.15) is 11.9 Å². The molecule has 3 aliphatic rings. The Balaban J connectivity index is 1.30. The van der Waals surface area contributed by atoms with Gasteiger partial charge in [-0.05, 0) is 59.9 Å². The Bertz CT molecular complexity index is 1480. The quantitative estimate of drug-likeness (QED) is 0.356. The summed E-state index contributed by atoms with van der Waals surface area (Å²) in [6, 6.07) is 9.00. The average molecular weight is 599 g/mol. The van der Waals surface area contributed by atoms with E-state index < -0.39 is 18.1 Å². The van der Waals surface area contributed by atoms with Crippen molar-refractivity contribution in [3.8, 4) is 22.4 Å². The molecule has 0 unspecified atom stereocenters. The van der Waals surface area contributed by atoms with Crippen LogP contribution >= 0.6 is 15.9 Å². The summed E-state index contributed by atoms with van der Waals surface area (Å²) in [6.45, 7) is 4.35. The molecule has 1 aromatic heterocycles. The van der Waals surface area contributed by atoms with Gasteiger partial charge in [0.15, 0.2) is 0 Å². The molecule has 204 valence electrons. The minimum atomic E-state index is -3.11. The summed E-state index contributed by atoms with van der Waals surface area (Å²) in [5.74, 6) is -2.82. The van der Waals surface area contributed by atoms with Crippen molar-refractivity contribution in [3.05, 3.63) is 64.0 Å². The lowest BCUT2D eigenvalue weighted by molar-refractivity contribution is -0.135. The van der Waals surface area contributed by atoms with Crippen LogP contribution < -0.4 is 5.32 Å². The number of alkyl halides is 2. The number of nitrogens with one attached hydrogen (secondary N) is 2. The summed E-state index contributed by atoms with van der Waals surface area (Å²) < 4.78 is 36.2. The number of amides is 2. The number of methoxy groups -OCH3 is 1. The number of imidazole rings is 1. The maximum Gasteiger partial charge on any atom is 0.407 e. The third-order valence-electron chi connectivity index (χ3n) is 8.33. The zero-order valence-electron chi connectivity index (χ0n) is 21.9. The van der Waals surface area contributed by atoms with Crippen LogP contribution in [0.15, 0.2) is 47.1 Å². The molecule has 2 atom stereocenters. The molecule has 2 fully saturated rings. The first-order valence-electron chi connectivity index (χ1n) is 13.1. The maximum atomic E-state index is 15.4. The van der Waals surface area contributed by atoms with E-state index in [4.69, 9.17) is 4.74 Å². The van der Waals surface area contributed by atoms with Crippen LogP contribution in [0.5, 0.6) is 0 Å². The van der Waals surface area contributed by atoms with Gasteiger partial charge in [0.2, 0.25) is 5.91 Å². The van der Waals surface area contributed by atoms with Crippen LogP contribution in [-0.4, -0.2) is 46.6 Å². The number of likely N-dealkylation sites (tertiary alicyclic amines) is 1. The number of nitrogens with zero attached hydrogens (tertiary/aromatic N) is 2. The highest BCUT2D eigenvalue weighted by Crippen LogP contribution is 2.58. The molecule has 2 aliphatic carbocycles. The lowest BCUT2D eigenvalue weighted by Gasteiger charge is -2.30. The molecule has 7 nitrogen and oxygen atoms in total. The Morgan fingerprint density at radius 2 is 1.85 bits per heavy atom.